The van der Waals surface area contributed by atoms with E-state index in [1.54, 1.807) is 0 Å². The first-order valence-electron chi connectivity index (χ1n) is 7.21. The zero-order chi connectivity index (χ0) is 13.1. The van der Waals surface area contributed by atoms with E-state index in [1.807, 2.05) is 0 Å². The Morgan fingerprint density at radius 3 is 2.42 bits per heavy atom. The van der Waals surface area contributed by atoms with Gasteiger partial charge in [-0.15, -0.1) is 0 Å². The number of fused-ring (bicyclic) bond motifs is 1. The first-order valence-corrected chi connectivity index (χ1v) is 7.21. The minimum Gasteiger partial charge on any atom is -0.307 e. The van der Waals surface area contributed by atoms with E-state index in [0.29, 0.717) is 12.1 Å². The average Bonchev–Trinajstić information content (AvgIpc) is 2.48. The van der Waals surface area contributed by atoms with Gasteiger partial charge < -0.3 is 5.32 Å². The van der Waals surface area contributed by atoms with Crippen LogP contribution in [0.4, 0.5) is 0 Å². The van der Waals surface area contributed by atoms with E-state index < -0.39 is 0 Å². The maximum absolute atomic E-state index is 3.78. The Morgan fingerprint density at radius 1 is 0.947 bits per heavy atom. The molecule has 0 bridgehead atoms. The van der Waals surface area contributed by atoms with Crippen molar-refractivity contribution in [3.8, 4) is 0 Å². The molecule has 0 saturated heterocycles. The van der Waals surface area contributed by atoms with E-state index >= 15 is 0 Å². The molecule has 98 valence electrons. The molecule has 2 aromatic rings. The molecule has 0 aromatic heterocycles. The summed E-state index contributed by atoms with van der Waals surface area (Å²) in [6, 6.07) is 20.6. The molecule has 2 atom stereocenters. The molecule has 1 nitrogen and oxygen atoms in total. The molecular weight excluding hydrogens is 230 g/mol. The summed E-state index contributed by atoms with van der Waals surface area (Å²) in [6.07, 6.45) is 3.61. The zero-order valence-electron chi connectivity index (χ0n) is 11.5. The Bertz CT molecular complexity index is 532. The van der Waals surface area contributed by atoms with E-state index in [-0.39, 0.29) is 0 Å². The van der Waals surface area contributed by atoms with Crippen LogP contribution in [-0.2, 0) is 12.8 Å². The van der Waals surface area contributed by atoms with Gasteiger partial charge >= 0.3 is 0 Å². The lowest BCUT2D eigenvalue weighted by atomic mass is 9.88. The fourth-order valence-electron chi connectivity index (χ4n) is 3.03. The molecule has 0 spiro atoms. The average molecular weight is 251 g/mol. The van der Waals surface area contributed by atoms with Crippen LogP contribution in [0.2, 0.25) is 0 Å². The molecule has 1 aliphatic rings. The van der Waals surface area contributed by atoms with Crippen molar-refractivity contribution in [1.82, 2.24) is 5.32 Å². The zero-order valence-corrected chi connectivity index (χ0v) is 11.5. The van der Waals surface area contributed by atoms with Crippen LogP contribution in [0.1, 0.15) is 36.1 Å². The quantitative estimate of drug-likeness (QED) is 0.872. The molecular formula is C18H21N. The predicted octanol–water partition coefficient (Wildman–Crippen LogP) is 3.89. The third kappa shape index (κ3) is 2.87. The van der Waals surface area contributed by atoms with Gasteiger partial charge in [0.05, 0.1) is 0 Å². The molecule has 0 amide bonds. The molecule has 0 saturated carbocycles. The van der Waals surface area contributed by atoms with Crippen molar-refractivity contribution in [2.75, 3.05) is 0 Å². The van der Waals surface area contributed by atoms with Crippen molar-refractivity contribution in [3.05, 3.63) is 71.3 Å². The largest absolute Gasteiger partial charge is 0.307 e. The first kappa shape index (κ1) is 12.4. The third-order valence-electron chi connectivity index (χ3n) is 4.13. The summed E-state index contributed by atoms with van der Waals surface area (Å²) in [6.45, 7) is 2.26. The van der Waals surface area contributed by atoms with Crippen molar-refractivity contribution < 1.29 is 0 Å². The van der Waals surface area contributed by atoms with Crippen molar-refractivity contribution in [3.63, 3.8) is 0 Å². The Morgan fingerprint density at radius 2 is 1.63 bits per heavy atom. The van der Waals surface area contributed by atoms with Gasteiger partial charge in [-0.3, -0.25) is 0 Å². The lowest BCUT2D eigenvalue weighted by molar-refractivity contribution is 0.414. The van der Waals surface area contributed by atoms with Gasteiger partial charge in [-0.2, -0.15) is 0 Å². The highest BCUT2D eigenvalue weighted by Crippen LogP contribution is 2.23. The van der Waals surface area contributed by atoms with Crippen molar-refractivity contribution in [1.29, 1.82) is 0 Å². The minimum atomic E-state index is 0.427. The van der Waals surface area contributed by atoms with Gasteiger partial charge in [0.1, 0.15) is 0 Å². The van der Waals surface area contributed by atoms with Crippen LogP contribution in [-0.4, -0.2) is 6.04 Å². The molecule has 1 unspecified atom stereocenters. The highest BCUT2D eigenvalue weighted by molar-refractivity contribution is 5.30. The van der Waals surface area contributed by atoms with Crippen molar-refractivity contribution >= 4 is 0 Å². The third-order valence-corrected chi connectivity index (χ3v) is 4.13. The molecule has 1 aliphatic carbocycles. The summed E-state index contributed by atoms with van der Waals surface area (Å²) >= 11 is 0. The maximum Gasteiger partial charge on any atom is 0.0294 e. The molecule has 0 aliphatic heterocycles. The van der Waals surface area contributed by atoms with Crippen molar-refractivity contribution in [2.45, 2.75) is 38.3 Å². The van der Waals surface area contributed by atoms with Crippen LogP contribution in [0.25, 0.3) is 0 Å². The van der Waals surface area contributed by atoms with Gasteiger partial charge in [-0.1, -0.05) is 54.6 Å². The van der Waals surface area contributed by atoms with E-state index in [9.17, 15) is 0 Å². The van der Waals surface area contributed by atoms with Gasteiger partial charge in [-0.05, 0) is 42.9 Å². The van der Waals surface area contributed by atoms with E-state index in [0.717, 1.165) is 6.42 Å². The molecule has 1 heteroatoms. The predicted molar refractivity (Wildman–Crippen MR) is 80.2 cm³/mol. The lowest BCUT2D eigenvalue weighted by Gasteiger charge is -2.28. The highest BCUT2D eigenvalue weighted by atomic mass is 14.9. The summed E-state index contributed by atoms with van der Waals surface area (Å²) in [4.78, 5) is 0. The van der Waals surface area contributed by atoms with Crippen LogP contribution in [0.3, 0.4) is 0 Å². The van der Waals surface area contributed by atoms with Crippen LogP contribution in [0, 0.1) is 0 Å². The van der Waals surface area contributed by atoms with Gasteiger partial charge in [0.25, 0.3) is 0 Å². The second-order valence-electron chi connectivity index (χ2n) is 5.51. The molecule has 3 rings (SSSR count). The summed E-state index contributed by atoms with van der Waals surface area (Å²) in [5.41, 5.74) is 4.43. The molecule has 0 fully saturated rings. The van der Waals surface area contributed by atoms with Gasteiger partial charge in [-0.25, -0.2) is 0 Å². The minimum absolute atomic E-state index is 0.427. The topological polar surface area (TPSA) is 12.0 Å². The van der Waals surface area contributed by atoms with Crippen LogP contribution < -0.4 is 5.32 Å². The second-order valence-corrected chi connectivity index (χ2v) is 5.51. The number of aryl methyl sites for hydroxylation is 1. The van der Waals surface area contributed by atoms with Crippen LogP contribution in [0.15, 0.2) is 54.6 Å². The summed E-state index contributed by atoms with van der Waals surface area (Å²) in [5.74, 6) is 0. The lowest BCUT2D eigenvalue weighted by Crippen LogP contribution is -2.36. The molecule has 1 N–H and O–H groups in total. The first-order chi connectivity index (χ1) is 9.33. The molecule has 2 aromatic carbocycles. The number of hydrogen-bond acceptors (Lipinski definition) is 1. The second kappa shape index (κ2) is 5.58. The fraction of sp³-hybridized carbons (Fsp3) is 0.333. The fourth-order valence-corrected chi connectivity index (χ4v) is 3.03. The summed E-state index contributed by atoms with van der Waals surface area (Å²) < 4.78 is 0. The standard InChI is InChI=1S/C18H21N/c1-14(15-7-3-2-4-8-15)19-18-12-11-16-9-5-6-10-17(16)13-18/h2-10,14,18-19H,11-13H2,1H3/t14-,18?/m0/s1. The van der Waals surface area contributed by atoms with E-state index in [1.165, 1.54) is 29.5 Å². The van der Waals surface area contributed by atoms with Crippen LogP contribution >= 0.6 is 0 Å². The monoisotopic (exact) mass is 251 g/mol. The number of nitrogens with one attached hydrogen (secondary N) is 1. The SMILES string of the molecule is C[C@H](NC1CCc2ccccc2C1)c1ccccc1. The summed E-state index contributed by atoms with van der Waals surface area (Å²) in [7, 11) is 0. The maximum atomic E-state index is 3.78. The van der Waals surface area contributed by atoms with Gasteiger partial charge in [0.2, 0.25) is 0 Å². The van der Waals surface area contributed by atoms with Crippen LogP contribution in [0.5, 0.6) is 0 Å². The Kier molecular flexibility index (Phi) is 3.65. The molecule has 19 heavy (non-hydrogen) atoms. The Labute approximate surface area is 115 Å². The highest BCUT2D eigenvalue weighted by Gasteiger charge is 2.19. The Balaban J connectivity index is 1.66. The normalized spacial score (nSPS) is 19.7. The molecule has 0 heterocycles. The van der Waals surface area contributed by atoms with Crippen molar-refractivity contribution in [2.24, 2.45) is 0 Å². The van der Waals surface area contributed by atoms with E-state index in [2.05, 4.69) is 66.8 Å². The van der Waals surface area contributed by atoms with E-state index in [4.69, 9.17) is 0 Å². The van der Waals surface area contributed by atoms with Gasteiger partial charge in [0.15, 0.2) is 0 Å². The Hall–Kier alpha value is -1.60. The summed E-state index contributed by atoms with van der Waals surface area (Å²) in [5, 5.41) is 3.78. The number of benzene rings is 2. The van der Waals surface area contributed by atoms with Gasteiger partial charge in [0, 0.05) is 12.1 Å². The molecule has 0 radical (unpaired) electrons. The number of rotatable bonds is 3. The smallest absolute Gasteiger partial charge is 0.0294 e. The number of hydrogen-bond donors (Lipinski definition) is 1.